The van der Waals surface area contributed by atoms with Crippen molar-refractivity contribution in [2.45, 2.75) is 129 Å². The van der Waals surface area contributed by atoms with Gasteiger partial charge in [-0.2, -0.15) is 9.78 Å². The molecule has 4 nitrogen and oxygen atoms in total. The lowest BCUT2D eigenvalue weighted by molar-refractivity contribution is -0.545. The minimum absolute atomic E-state index is 0.352. The first kappa shape index (κ1) is 21.9. The molecule has 0 radical (unpaired) electrons. The molecule has 0 bridgehead atoms. The van der Waals surface area contributed by atoms with Crippen molar-refractivity contribution >= 4 is 0 Å². The van der Waals surface area contributed by atoms with Crippen LogP contribution in [0, 0.1) is 0 Å². The lowest BCUT2D eigenvalue weighted by atomic mass is 9.94. The van der Waals surface area contributed by atoms with Gasteiger partial charge in [-0.1, -0.05) is 44.9 Å². The van der Waals surface area contributed by atoms with E-state index in [0.717, 1.165) is 25.7 Å². The quantitative estimate of drug-likeness (QED) is 0.332. The summed E-state index contributed by atoms with van der Waals surface area (Å²) in [5.41, 5.74) is -0.703. The van der Waals surface area contributed by atoms with Gasteiger partial charge in [0.2, 0.25) is 5.79 Å². The summed E-state index contributed by atoms with van der Waals surface area (Å²) in [6, 6.07) is 0. The second-order valence-electron chi connectivity index (χ2n) is 9.15. The average Bonchev–Trinajstić information content (AvgIpc) is 2.53. The van der Waals surface area contributed by atoms with Gasteiger partial charge in [0, 0.05) is 12.8 Å². The van der Waals surface area contributed by atoms with E-state index in [-0.39, 0.29) is 11.2 Å². The summed E-state index contributed by atoms with van der Waals surface area (Å²) in [4.78, 5) is 22.0. The maximum atomic E-state index is 5.58. The molecule has 0 N–H and O–H groups in total. The highest BCUT2D eigenvalue weighted by Crippen LogP contribution is 2.35. The van der Waals surface area contributed by atoms with Gasteiger partial charge >= 0.3 is 0 Å². The molecule has 0 unspecified atom stereocenters. The van der Waals surface area contributed by atoms with Gasteiger partial charge in [-0.15, -0.1) is 0 Å². The lowest BCUT2D eigenvalue weighted by Crippen LogP contribution is -2.42. The average molecular weight is 345 g/mol. The molecular weight excluding hydrogens is 304 g/mol. The Balaban J connectivity index is 0.000000400. The lowest BCUT2D eigenvalue weighted by Gasteiger charge is -2.37. The molecule has 0 heterocycles. The summed E-state index contributed by atoms with van der Waals surface area (Å²) in [6.45, 7) is 11.7. The number of hydrogen-bond donors (Lipinski definition) is 0. The molecule has 0 aliphatic heterocycles. The first-order valence-corrected chi connectivity index (χ1v) is 9.86. The highest BCUT2D eigenvalue weighted by Gasteiger charge is 2.39. The standard InChI is InChI=1S/C14H28O4.C6H12/c1-12(2,3)15-17-14(10-8-7-9-11-14)18-16-13(4,5)6;1-2-4-6-5-3-1/h7-11H2,1-6H3;1-6H2. The van der Waals surface area contributed by atoms with Crippen LogP contribution in [0.25, 0.3) is 0 Å². The second kappa shape index (κ2) is 10.1. The van der Waals surface area contributed by atoms with Gasteiger partial charge in [-0.25, -0.2) is 9.78 Å². The summed E-state index contributed by atoms with van der Waals surface area (Å²) in [7, 11) is 0. The van der Waals surface area contributed by atoms with Crippen molar-refractivity contribution in [2.24, 2.45) is 0 Å². The maximum Gasteiger partial charge on any atom is 0.234 e. The minimum atomic E-state index is -0.751. The van der Waals surface area contributed by atoms with E-state index in [1.165, 1.54) is 44.9 Å². The van der Waals surface area contributed by atoms with Gasteiger partial charge < -0.3 is 0 Å². The molecule has 2 aliphatic rings. The van der Waals surface area contributed by atoms with E-state index in [9.17, 15) is 0 Å². The SMILES string of the molecule is C1CCCCC1.CC(C)(C)OOC1(OOC(C)(C)C)CCCCC1. The minimum Gasteiger partial charge on any atom is -0.228 e. The molecule has 0 atom stereocenters. The molecule has 2 saturated carbocycles. The fourth-order valence-corrected chi connectivity index (χ4v) is 2.73. The van der Waals surface area contributed by atoms with Crippen molar-refractivity contribution < 1.29 is 19.6 Å². The van der Waals surface area contributed by atoms with Crippen molar-refractivity contribution in [1.29, 1.82) is 0 Å². The molecule has 24 heavy (non-hydrogen) atoms. The first-order valence-electron chi connectivity index (χ1n) is 9.86. The van der Waals surface area contributed by atoms with Crippen molar-refractivity contribution in [1.82, 2.24) is 0 Å². The van der Waals surface area contributed by atoms with E-state index >= 15 is 0 Å². The van der Waals surface area contributed by atoms with Crippen molar-refractivity contribution in [2.75, 3.05) is 0 Å². The van der Waals surface area contributed by atoms with E-state index in [0.29, 0.717) is 0 Å². The smallest absolute Gasteiger partial charge is 0.228 e. The van der Waals surface area contributed by atoms with Crippen LogP contribution in [0.2, 0.25) is 0 Å². The molecule has 0 amide bonds. The van der Waals surface area contributed by atoms with Gasteiger partial charge in [0.25, 0.3) is 0 Å². The molecule has 4 heteroatoms. The largest absolute Gasteiger partial charge is 0.234 e. The molecule has 0 aromatic heterocycles. The molecule has 2 rings (SSSR count). The topological polar surface area (TPSA) is 36.9 Å². The third-order valence-corrected chi connectivity index (χ3v) is 4.00. The molecule has 0 aromatic rings. The summed E-state index contributed by atoms with van der Waals surface area (Å²) in [6.07, 6.45) is 14.0. The van der Waals surface area contributed by atoms with Gasteiger partial charge in [-0.05, 0) is 54.4 Å². The number of hydrogen-bond acceptors (Lipinski definition) is 4. The maximum absolute atomic E-state index is 5.58. The number of rotatable bonds is 4. The van der Waals surface area contributed by atoms with Crippen LogP contribution in [0.3, 0.4) is 0 Å². The van der Waals surface area contributed by atoms with E-state index in [1.54, 1.807) is 0 Å². The van der Waals surface area contributed by atoms with Crippen molar-refractivity contribution in [3.63, 3.8) is 0 Å². The van der Waals surface area contributed by atoms with E-state index < -0.39 is 5.79 Å². The Morgan fingerprint density at radius 3 is 1.08 bits per heavy atom. The Labute approximate surface area is 149 Å². The predicted molar refractivity (Wildman–Crippen MR) is 97.4 cm³/mol. The van der Waals surface area contributed by atoms with Crippen LogP contribution in [0.15, 0.2) is 0 Å². The molecule has 144 valence electrons. The normalized spacial score (nSPS) is 21.8. The third kappa shape index (κ3) is 10.7. The first-order chi connectivity index (χ1) is 11.1. The van der Waals surface area contributed by atoms with Crippen LogP contribution in [-0.4, -0.2) is 17.0 Å². The molecule has 0 aromatic carbocycles. The van der Waals surface area contributed by atoms with Gasteiger partial charge in [0.05, 0.1) is 11.2 Å². The van der Waals surface area contributed by atoms with Gasteiger partial charge in [0.1, 0.15) is 0 Å². The zero-order chi connectivity index (χ0) is 18.1. The third-order valence-electron chi connectivity index (χ3n) is 4.00. The van der Waals surface area contributed by atoms with Crippen LogP contribution < -0.4 is 0 Å². The summed E-state index contributed by atoms with van der Waals surface area (Å²) in [5, 5.41) is 0. The van der Waals surface area contributed by atoms with Gasteiger partial charge in [-0.3, -0.25) is 0 Å². The van der Waals surface area contributed by atoms with Crippen molar-refractivity contribution in [3.8, 4) is 0 Å². The zero-order valence-electron chi connectivity index (χ0n) is 16.9. The fraction of sp³-hybridized carbons (Fsp3) is 1.00. The zero-order valence-corrected chi connectivity index (χ0v) is 16.9. The van der Waals surface area contributed by atoms with E-state index in [4.69, 9.17) is 19.6 Å². The highest BCUT2D eigenvalue weighted by molar-refractivity contribution is 4.73. The Morgan fingerprint density at radius 2 is 0.792 bits per heavy atom. The van der Waals surface area contributed by atoms with Crippen LogP contribution in [0.1, 0.15) is 112 Å². The monoisotopic (exact) mass is 344 g/mol. The summed E-state index contributed by atoms with van der Waals surface area (Å²) in [5.74, 6) is -0.751. The Hall–Kier alpha value is -0.160. The second-order valence-corrected chi connectivity index (χ2v) is 9.15. The Kier molecular flexibility index (Phi) is 9.21. The fourth-order valence-electron chi connectivity index (χ4n) is 2.73. The molecule has 0 saturated heterocycles. The summed E-state index contributed by atoms with van der Waals surface area (Å²) >= 11 is 0. The van der Waals surface area contributed by atoms with Gasteiger partial charge in [0.15, 0.2) is 0 Å². The molecule has 2 fully saturated rings. The predicted octanol–water partition coefficient (Wildman–Crippen LogP) is 6.48. The van der Waals surface area contributed by atoms with Crippen LogP contribution >= 0.6 is 0 Å². The summed E-state index contributed by atoms with van der Waals surface area (Å²) < 4.78 is 0. The van der Waals surface area contributed by atoms with E-state index in [2.05, 4.69) is 0 Å². The van der Waals surface area contributed by atoms with Crippen LogP contribution in [-0.2, 0) is 19.6 Å². The van der Waals surface area contributed by atoms with E-state index in [1.807, 2.05) is 41.5 Å². The Morgan fingerprint density at radius 1 is 0.500 bits per heavy atom. The van der Waals surface area contributed by atoms with Crippen LogP contribution in [0.4, 0.5) is 0 Å². The van der Waals surface area contributed by atoms with Crippen molar-refractivity contribution in [3.05, 3.63) is 0 Å². The highest BCUT2D eigenvalue weighted by atomic mass is 17.3. The molecule has 2 aliphatic carbocycles. The molecule has 0 spiro atoms. The molecular formula is C20H40O4. The Bertz CT molecular complexity index is 286. The van der Waals surface area contributed by atoms with Crippen LogP contribution in [0.5, 0.6) is 0 Å².